The Bertz CT molecular complexity index is 503. The largest absolute Gasteiger partial charge is 0.380 e. The van der Waals surface area contributed by atoms with Gasteiger partial charge in [-0.25, -0.2) is 0 Å². The van der Waals surface area contributed by atoms with Crippen LogP contribution in [-0.4, -0.2) is 11.2 Å². The first kappa shape index (κ1) is 9.76. The summed E-state index contributed by atoms with van der Waals surface area (Å²) in [5, 5.41) is 11.8. The van der Waals surface area contributed by atoms with Gasteiger partial charge in [0.25, 0.3) is 0 Å². The van der Waals surface area contributed by atoms with E-state index in [2.05, 4.69) is 18.1 Å². The first-order chi connectivity index (χ1) is 7.31. The van der Waals surface area contributed by atoms with Gasteiger partial charge in [-0.05, 0) is 16.3 Å². The molecule has 1 N–H and O–H groups in total. The van der Waals surface area contributed by atoms with E-state index in [0.717, 1.165) is 10.9 Å². The molecule has 0 aromatic heterocycles. The molecular formula is C14H12O. The number of aliphatic hydroxyl groups excluding tert-OH is 1. The van der Waals surface area contributed by atoms with Gasteiger partial charge in [0.1, 0.15) is 6.10 Å². The van der Waals surface area contributed by atoms with Crippen LogP contribution < -0.4 is 0 Å². The van der Waals surface area contributed by atoms with Crippen molar-refractivity contribution in [1.29, 1.82) is 0 Å². The number of terminal acetylenes is 1. The molecule has 2 aromatic carbocycles. The van der Waals surface area contributed by atoms with Gasteiger partial charge in [0, 0.05) is 6.42 Å². The Labute approximate surface area is 89.4 Å². The zero-order valence-electron chi connectivity index (χ0n) is 8.35. The van der Waals surface area contributed by atoms with E-state index >= 15 is 0 Å². The minimum absolute atomic E-state index is 0.512. The summed E-state index contributed by atoms with van der Waals surface area (Å²) in [6, 6.07) is 14.2. The van der Waals surface area contributed by atoms with Crippen LogP contribution in [0.15, 0.2) is 42.5 Å². The molecule has 0 fully saturated rings. The number of hydrogen-bond donors (Lipinski definition) is 1. The Morgan fingerprint density at radius 3 is 2.67 bits per heavy atom. The zero-order chi connectivity index (χ0) is 10.7. The van der Waals surface area contributed by atoms with Gasteiger partial charge in [-0.2, -0.15) is 0 Å². The van der Waals surface area contributed by atoms with Crippen molar-refractivity contribution < 1.29 is 5.11 Å². The third kappa shape index (κ3) is 2.01. The van der Waals surface area contributed by atoms with E-state index in [0.29, 0.717) is 6.42 Å². The molecule has 1 unspecified atom stereocenters. The average molecular weight is 196 g/mol. The van der Waals surface area contributed by atoms with Gasteiger partial charge in [0.05, 0.1) is 0 Å². The predicted octanol–water partition coefficient (Wildman–Crippen LogP) is 2.38. The Balaban J connectivity index is 2.48. The highest BCUT2D eigenvalue weighted by atomic mass is 16.3. The zero-order valence-corrected chi connectivity index (χ0v) is 8.35. The lowest BCUT2D eigenvalue weighted by Crippen LogP contribution is -2.06. The molecule has 0 heterocycles. The van der Waals surface area contributed by atoms with Crippen LogP contribution in [0.4, 0.5) is 0 Å². The molecule has 0 bridgehead atoms. The van der Waals surface area contributed by atoms with E-state index in [4.69, 9.17) is 6.42 Å². The van der Waals surface area contributed by atoms with Crippen molar-refractivity contribution in [2.45, 2.75) is 12.5 Å². The summed E-state index contributed by atoms with van der Waals surface area (Å²) >= 11 is 0. The van der Waals surface area contributed by atoms with Gasteiger partial charge in [0.2, 0.25) is 0 Å². The molecular weight excluding hydrogens is 184 g/mol. The fraction of sp³-hybridized carbons (Fsp3) is 0.143. The fourth-order valence-electron chi connectivity index (χ4n) is 1.74. The van der Waals surface area contributed by atoms with Crippen molar-refractivity contribution >= 4 is 10.8 Å². The first-order valence-corrected chi connectivity index (χ1v) is 4.92. The van der Waals surface area contributed by atoms with Crippen LogP contribution in [-0.2, 0) is 6.42 Å². The summed E-state index contributed by atoms with van der Waals surface area (Å²) in [7, 11) is 0. The Hall–Kier alpha value is -1.78. The summed E-state index contributed by atoms with van der Waals surface area (Å²) < 4.78 is 0. The molecule has 15 heavy (non-hydrogen) atoms. The highest BCUT2D eigenvalue weighted by Gasteiger charge is 2.04. The maximum absolute atomic E-state index is 9.43. The number of aliphatic hydroxyl groups is 1. The van der Waals surface area contributed by atoms with Crippen molar-refractivity contribution in [3.63, 3.8) is 0 Å². The van der Waals surface area contributed by atoms with Crippen molar-refractivity contribution in [1.82, 2.24) is 0 Å². The van der Waals surface area contributed by atoms with E-state index in [1.165, 1.54) is 5.39 Å². The van der Waals surface area contributed by atoms with Gasteiger partial charge in [-0.15, -0.1) is 6.42 Å². The van der Waals surface area contributed by atoms with Gasteiger partial charge in [-0.3, -0.25) is 0 Å². The molecule has 0 saturated heterocycles. The molecule has 0 aliphatic rings. The highest BCUT2D eigenvalue weighted by molar-refractivity contribution is 5.85. The van der Waals surface area contributed by atoms with Gasteiger partial charge < -0.3 is 5.11 Å². The second-order valence-electron chi connectivity index (χ2n) is 3.52. The predicted molar refractivity (Wildman–Crippen MR) is 62.5 cm³/mol. The normalized spacial score (nSPS) is 12.3. The second kappa shape index (κ2) is 4.16. The minimum atomic E-state index is -0.698. The summed E-state index contributed by atoms with van der Waals surface area (Å²) in [5.74, 6) is 2.33. The van der Waals surface area contributed by atoms with Crippen LogP contribution in [0.1, 0.15) is 5.56 Å². The fourth-order valence-corrected chi connectivity index (χ4v) is 1.74. The van der Waals surface area contributed by atoms with E-state index in [9.17, 15) is 5.11 Å². The monoisotopic (exact) mass is 196 g/mol. The average Bonchev–Trinajstić information content (AvgIpc) is 2.29. The van der Waals surface area contributed by atoms with Crippen LogP contribution >= 0.6 is 0 Å². The second-order valence-corrected chi connectivity index (χ2v) is 3.52. The van der Waals surface area contributed by atoms with E-state index in [1.54, 1.807) is 0 Å². The summed E-state index contributed by atoms with van der Waals surface area (Å²) in [4.78, 5) is 0. The van der Waals surface area contributed by atoms with Gasteiger partial charge in [-0.1, -0.05) is 48.4 Å². The topological polar surface area (TPSA) is 20.2 Å². The molecule has 0 spiro atoms. The van der Waals surface area contributed by atoms with Crippen molar-refractivity contribution in [2.75, 3.05) is 0 Å². The summed E-state index contributed by atoms with van der Waals surface area (Å²) in [5.41, 5.74) is 1.10. The molecule has 2 aromatic rings. The Kier molecular flexibility index (Phi) is 2.71. The molecule has 0 aliphatic carbocycles. The van der Waals surface area contributed by atoms with Crippen molar-refractivity contribution in [2.24, 2.45) is 0 Å². The molecule has 0 aliphatic heterocycles. The summed E-state index contributed by atoms with van der Waals surface area (Å²) in [6.45, 7) is 0. The van der Waals surface area contributed by atoms with Crippen molar-refractivity contribution in [3.05, 3.63) is 48.0 Å². The number of hydrogen-bond acceptors (Lipinski definition) is 1. The Morgan fingerprint density at radius 2 is 1.87 bits per heavy atom. The quantitative estimate of drug-likeness (QED) is 0.731. The maximum atomic E-state index is 9.43. The molecule has 2 rings (SSSR count). The van der Waals surface area contributed by atoms with Crippen LogP contribution in [0, 0.1) is 12.3 Å². The van der Waals surface area contributed by atoms with E-state index in [-0.39, 0.29) is 0 Å². The van der Waals surface area contributed by atoms with Gasteiger partial charge in [0.15, 0.2) is 0 Å². The molecule has 0 radical (unpaired) electrons. The van der Waals surface area contributed by atoms with E-state index < -0.39 is 6.10 Å². The lowest BCUT2D eigenvalue weighted by molar-refractivity contribution is 0.234. The first-order valence-electron chi connectivity index (χ1n) is 4.92. The Morgan fingerprint density at radius 1 is 1.13 bits per heavy atom. The minimum Gasteiger partial charge on any atom is -0.380 e. The van der Waals surface area contributed by atoms with Crippen LogP contribution in [0.3, 0.4) is 0 Å². The van der Waals surface area contributed by atoms with Crippen LogP contribution in [0.25, 0.3) is 10.8 Å². The van der Waals surface area contributed by atoms with Crippen LogP contribution in [0.5, 0.6) is 0 Å². The lowest BCUT2D eigenvalue weighted by atomic mass is 10.0. The van der Waals surface area contributed by atoms with E-state index in [1.807, 2.05) is 30.3 Å². The summed E-state index contributed by atoms with van der Waals surface area (Å²) in [6.07, 6.45) is 4.98. The van der Waals surface area contributed by atoms with Crippen molar-refractivity contribution in [3.8, 4) is 12.3 Å². The molecule has 74 valence electrons. The lowest BCUT2D eigenvalue weighted by Gasteiger charge is -2.07. The smallest absolute Gasteiger partial charge is 0.118 e. The molecule has 1 atom stereocenters. The van der Waals surface area contributed by atoms with Gasteiger partial charge >= 0.3 is 0 Å². The molecule has 1 heteroatoms. The highest BCUT2D eigenvalue weighted by Crippen LogP contribution is 2.19. The van der Waals surface area contributed by atoms with Crippen LogP contribution in [0.2, 0.25) is 0 Å². The maximum Gasteiger partial charge on any atom is 0.118 e. The number of fused-ring (bicyclic) bond motifs is 1. The standard InChI is InChI=1S/C14H12O/c1-2-13(15)10-12-8-5-7-11-6-3-4-9-14(11)12/h1,3-9,13,15H,10H2. The third-order valence-corrected chi connectivity index (χ3v) is 2.49. The molecule has 0 saturated carbocycles. The number of rotatable bonds is 2. The molecule has 1 nitrogen and oxygen atoms in total. The SMILES string of the molecule is C#CC(O)Cc1cccc2ccccc12. The molecule has 0 amide bonds. The number of benzene rings is 2. The third-order valence-electron chi connectivity index (χ3n) is 2.49.